The maximum atomic E-state index is 13.1. The lowest BCUT2D eigenvalue weighted by Crippen LogP contribution is -2.61. The lowest BCUT2D eigenvalue weighted by Gasteiger charge is -2.40. The molecule has 0 bridgehead atoms. The van der Waals surface area contributed by atoms with Gasteiger partial charge >= 0.3 is 23.9 Å². The molecule has 12 heteroatoms. The average molecular weight is 1030 g/mol. The van der Waals surface area contributed by atoms with Crippen molar-refractivity contribution in [2.45, 2.75) is 289 Å². The van der Waals surface area contributed by atoms with E-state index < -0.39 is 67.3 Å². The largest absolute Gasteiger partial charge is 0.479 e. The predicted molar refractivity (Wildman–Crippen MR) is 294 cm³/mol. The molecule has 73 heavy (non-hydrogen) atoms. The van der Waals surface area contributed by atoms with Gasteiger partial charge in [-0.1, -0.05) is 229 Å². The van der Waals surface area contributed by atoms with Crippen LogP contribution in [0, 0.1) is 0 Å². The van der Waals surface area contributed by atoms with E-state index in [1.807, 2.05) is 18.2 Å². The fourth-order valence-electron chi connectivity index (χ4n) is 8.60. The number of aliphatic hydroxyl groups is 2. The van der Waals surface area contributed by atoms with E-state index in [4.69, 9.17) is 23.7 Å². The van der Waals surface area contributed by atoms with Crippen molar-refractivity contribution in [1.29, 1.82) is 0 Å². The summed E-state index contributed by atoms with van der Waals surface area (Å²) in [5, 5.41) is 31.4. The van der Waals surface area contributed by atoms with Crippen LogP contribution in [0.1, 0.15) is 252 Å². The molecule has 0 radical (unpaired) electrons. The summed E-state index contributed by atoms with van der Waals surface area (Å²) in [4.78, 5) is 51.0. The summed E-state index contributed by atoms with van der Waals surface area (Å²) in [7, 11) is 0. The molecule has 0 aliphatic carbocycles. The SMILES string of the molecule is CC/C=C\C/C=C\C/C=C\C/C=C\CCC(=O)OC1C(OCC(COC(=O)CCCCCCCCCCCCCCCCCCCCC)OC(=O)CCCCCCC/C=C\CCCC)OC(C(=O)O)C(O)C1O. The number of esters is 3. The molecule has 0 amide bonds. The number of aliphatic hydroxyl groups excluding tert-OH is 2. The van der Waals surface area contributed by atoms with Crippen LogP contribution in [0.3, 0.4) is 0 Å². The van der Waals surface area contributed by atoms with Gasteiger partial charge in [-0.25, -0.2) is 4.79 Å². The van der Waals surface area contributed by atoms with Gasteiger partial charge in [0.05, 0.1) is 6.61 Å². The van der Waals surface area contributed by atoms with Crippen LogP contribution in [-0.4, -0.2) is 89.2 Å². The second-order valence-electron chi connectivity index (χ2n) is 19.9. The van der Waals surface area contributed by atoms with Crippen molar-refractivity contribution in [3.8, 4) is 0 Å². The Bertz CT molecular complexity index is 1500. The highest BCUT2D eigenvalue weighted by Crippen LogP contribution is 2.26. The molecule has 1 heterocycles. The molecular formula is C61H104O12. The molecule has 0 aromatic heterocycles. The molecule has 6 unspecified atom stereocenters. The van der Waals surface area contributed by atoms with Crippen LogP contribution in [0.5, 0.6) is 0 Å². The lowest BCUT2D eigenvalue weighted by atomic mass is 9.98. The minimum atomic E-state index is -1.93. The highest BCUT2D eigenvalue weighted by atomic mass is 16.7. The molecule has 420 valence electrons. The van der Waals surface area contributed by atoms with Gasteiger partial charge in [0.15, 0.2) is 24.6 Å². The average Bonchev–Trinajstić information content (AvgIpc) is 3.37. The number of carbonyl (C=O) groups is 4. The number of carbonyl (C=O) groups excluding carboxylic acids is 3. The Morgan fingerprint density at radius 3 is 1.41 bits per heavy atom. The number of carboxylic acids is 1. The van der Waals surface area contributed by atoms with E-state index in [0.29, 0.717) is 25.7 Å². The lowest BCUT2D eigenvalue weighted by molar-refractivity contribution is -0.301. The molecule has 0 saturated carbocycles. The van der Waals surface area contributed by atoms with Crippen LogP contribution in [0.25, 0.3) is 0 Å². The molecular weight excluding hydrogens is 925 g/mol. The molecule has 12 nitrogen and oxygen atoms in total. The van der Waals surface area contributed by atoms with Crippen molar-refractivity contribution < 1.29 is 58.2 Å². The van der Waals surface area contributed by atoms with Gasteiger partial charge in [0.25, 0.3) is 0 Å². The third-order valence-electron chi connectivity index (χ3n) is 13.1. The monoisotopic (exact) mass is 1030 g/mol. The normalized spacial score (nSPS) is 18.7. The number of aliphatic carboxylic acids is 1. The summed E-state index contributed by atoms with van der Waals surface area (Å²) in [6.07, 6.45) is 48.0. The molecule has 1 aliphatic rings. The van der Waals surface area contributed by atoms with Crippen molar-refractivity contribution in [3.63, 3.8) is 0 Å². The fourth-order valence-corrected chi connectivity index (χ4v) is 8.60. The van der Waals surface area contributed by atoms with Crippen molar-refractivity contribution in [2.75, 3.05) is 13.2 Å². The maximum Gasteiger partial charge on any atom is 0.335 e. The first-order chi connectivity index (χ1) is 35.6. The first-order valence-electron chi connectivity index (χ1n) is 29.3. The molecule has 1 saturated heterocycles. The Morgan fingerprint density at radius 2 is 0.904 bits per heavy atom. The Labute approximate surface area is 443 Å². The van der Waals surface area contributed by atoms with Crippen molar-refractivity contribution in [1.82, 2.24) is 0 Å². The van der Waals surface area contributed by atoms with Gasteiger partial charge in [0.1, 0.15) is 18.8 Å². The van der Waals surface area contributed by atoms with E-state index in [0.717, 1.165) is 77.0 Å². The second-order valence-corrected chi connectivity index (χ2v) is 19.9. The number of carboxylic acid groups (broad SMARTS) is 1. The number of hydrogen-bond acceptors (Lipinski definition) is 11. The van der Waals surface area contributed by atoms with Crippen LogP contribution in [0.2, 0.25) is 0 Å². The first kappa shape index (κ1) is 67.4. The van der Waals surface area contributed by atoms with Gasteiger partial charge in [0, 0.05) is 19.3 Å². The van der Waals surface area contributed by atoms with Gasteiger partial charge < -0.3 is 39.0 Å². The van der Waals surface area contributed by atoms with Crippen molar-refractivity contribution in [3.05, 3.63) is 60.8 Å². The van der Waals surface area contributed by atoms with Crippen LogP contribution in [0.4, 0.5) is 0 Å². The quantitative estimate of drug-likeness (QED) is 0.0228. The second kappa shape index (κ2) is 49.3. The Kier molecular flexibility index (Phi) is 45.5. The molecule has 0 aromatic carbocycles. The van der Waals surface area contributed by atoms with Gasteiger partial charge in [-0.3, -0.25) is 14.4 Å². The van der Waals surface area contributed by atoms with E-state index in [1.165, 1.54) is 109 Å². The third-order valence-corrected chi connectivity index (χ3v) is 13.1. The van der Waals surface area contributed by atoms with E-state index in [2.05, 4.69) is 63.3 Å². The zero-order valence-electron chi connectivity index (χ0n) is 46.1. The summed E-state index contributed by atoms with van der Waals surface area (Å²) in [6, 6.07) is 0. The van der Waals surface area contributed by atoms with Gasteiger partial charge in [0.2, 0.25) is 0 Å². The summed E-state index contributed by atoms with van der Waals surface area (Å²) < 4.78 is 28.3. The van der Waals surface area contributed by atoms with Crippen molar-refractivity contribution in [2.24, 2.45) is 0 Å². The minimum Gasteiger partial charge on any atom is -0.479 e. The number of ether oxygens (including phenoxy) is 5. The van der Waals surface area contributed by atoms with Gasteiger partial charge in [-0.05, 0) is 64.2 Å². The Morgan fingerprint density at radius 1 is 0.466 bits per heavy atom. The first-order valence-corrected chi connectivity index (χ1v) is 29.3. The minimum absolute atomic E-state index is 0.0611. The van der Waals surface area contributed by atoms with Gasteiger partial charge in [-0.15, -0.1) is 0 Å². The molecule has 3 N–H and O–H groups in total. The van der Waals surface area contributed by atoms with Gasteiger partial charge in [-0.2, -0.15) is 0 Å². The molecule has 1 fully saturated rings. The number of rotatable bonds is 49. The highest BCUT2D eigenvalue weighted by Gasteiger charge is 2.50. The molecule has 0 spiro atoms. The van der Waals surface area contributed by atoms with Crippen LogP contribution >= 0.6 is 0 Å². The molecule has 1 aliphatic heterocycles. The summed E-state index contributed by atoms with van der Waals surface area (Å²) >= 11 is 0. The predicted octanol–water partition coefficient (Wildman–Crippen LogP) is 14.8. The Balaban J connectivity index is 2.68. The van der Waals surface area contributed by atoms with E-state index in [1.54, 1.807) is 0 Å². The van der Waals surface area contributed by atoms with Crippen LogP contribution in [-0.2, 0) is 42.9 Å². The maximum absolute atomic E-state index is 13.1. The third kappa shape index (κ3) is 39.5. The molecule has 1 rings (SSSR count). The summed E-state index contributed by atoms with van der Waals surface area (Å²) in [5.74, 6) is -3.23. The highest BCUT2D eigenvalue weighted by molar-refractivity contribution is 5.74. The zero-order valence-corrected chi connectivity index (χ0v) is 46.1. The number of allylic oxidation sites excluding steroid dienone is 10. The number of hydrogen-bond donors (Lipinski definition) is 3. The van der Waals surface area contributed by atoms with Crippen LogP contribution < -0.4 is 0 Å². The standard InChI is InChI=1S/C61H104O12/c1-4-7-10-13-16-19-22-24-25-26-27-28-29-31-33-35-38-41-44-47-53(62)69-50-52(71-54(63)48-45-42-39-36-32-21-18-15-12-9-6-3)51-70-61-59(57(66)56(65)58(73-61)60(67)68)72-55(64)49-46-43-40-37-34-30-23-20-17-14-11-8-5-2/h8,11,15,17-18,20,30,34,40,43,52,56-59,61,65-66H,4-7,9-10,12-14,16,19,21-29,31-33,35-39,41-42,44-51H2,1-3H3,(H,67,68)/b11-8-,18-15-,20-17-,34-30-,43-40-. The fraction of sp³-hybridized carbons (Fsp3) is 0.770. The van der Waals surface area contributed by atoms with Crippen molar-refractivity contribution >= 4 is 23.9 Å². The van der Waals surface area contributed by atoms with Crippen LogP contribution in [0.15, 0.2) is 60.8 Å². The topological polar surface area (TPSA) is 175 Å². The summed E-state index contributed by atoms with van der Waals surface area (Å²) in [5.41, 5.74) is 0. The smallest absolute Gasteiger partial charge is 0.335 e. The molecule has 6 atom stereocenters. The van der Waals surface area contributed by atoms with E-state index in [9.17, 15) is 34.5 Å². The molecule has 0 aromatic rings. The Hall–Kier alpha value is -3.58. The van der Waals surface area contributed by atoms with E-state index in [-0.39, 0.29) is 25.9 Å². The zero-order chi connectivity index (χ0) is 53.3. The van der Waals surface area contributed by atoms with E-state index >= 15 is 0 Å². The summed E-state index contributed by atoms with van der Waals surface area (Å²) in [6.45, 7) is 5.80. The number of unbranched alkanes of at least 4 members (excludes halogenated alkanes) is 25.